The molecule has 0 fully saturated rings. The second kappa shape index (κ2) is 7.85. The van der Waals surface area contributed by atoms with Crippen LogP contribution in [-0.4, -0.2) is 43.2 Å². The third-order valence-corrected chi connectivity index (χ3v) is 2.82. The Morgan fingerprint density at radius 2 is 1.10 bits per heavy atom. The summed E-state index contributed by atoms with van der Waals surface area (Å²) >= 11 is 0. The Bertz CT molecular complexity index is 525. The molecule has 2 rings (SSSR count). The second-order valence-corrected chi connectivity index (χ2v) is 4.77. The molecule has 21 heavy (non-hydrogen) atoms. The molecule has 0 amide bonds. The molecule has 0 aliphatic rings. The van der Waals surface area contributed by atoms with Gasteiger partial charge in [-0.25, -0.2) is 0 Å². The van der Waals surface area contributed by atoms with E-state index in [1.807, 2.05) is 97.2 Å². The first kappa shape index (κ1) is 14.8. The zero-order valence-corrected chi connectivity index (χ0v) is 12.4. The lowest BCUT2D eigenvalue weighted by molar-refractivity contribution is 0.196. The number of hydrogen-bond donors (Lipinski definition) is 0. The summed E-state index contributed by atoms with van der Waals surface area (Å²) in [7, 11) is 3.85. The Morgan fingerprint density at radius 1 is 0.714 bits per heavy atom. The van der Waals surface area contributed by atoms with Crippen LogP contribution < -0.4 is 0 Å². The Kier molecular flexibility index (Phi) is 5.52. The molecule has 0 saturated heterocycles. The van der Waals surface area contributed by atoms with E-state index < -0.39 is 0 Å². The number of rotatable bonds is 6. The number of hydrazone groups is 2. The van der Waals surface area contributed by atoms with Crippen molar-refractivity contribution in [1.29, 1.82) is 0 Å². The van der Waals surface area contributed by atoms with Crippen molar-refractivity contribution in [2.75, 3.05) is 20.8 Å². The van der Waals surface area contributed by atoms with Gasteiger partial charge in [0, 0.05) is 14.1 Å². The van der Waals surface area contributed by atoms with Crippen molar-refractivity contribution in [2.45, 2.75) is 0 Å². The molecule has 0 atom stereocenters. The fourth-order valence-electron chi connectivity index (χ4n) is 1.78. The molecule has 0 N–H and O–H groups in total. The monoisotopic (exact) mass is 280 g/mol. The molecule has 0 bridgehead atoms. The van der Waals surface area contributed by atoms with E-state index in [1.54, 1.807) is 0 Å². The van der Waals surface area contributed by atoms with Crippen molar-refractivity contribution < 1.29 is 0 Å². The molecule has 0 unspecified atom stereocenters. The standard InChI is InChI=1S/C17H20N4/c1-20(18-13-16-9-5-3-6-10-16)15-21(2)19-14-17-11-7-4-8-12-17/h3-14H,15H2,1-2H3/b18-13+,19-14?. The topological polar surface area (TPSA) is 31.2 Å². The van der Waals surface area contributed by atoms with Crippen molar-refractivity contribution in [2.24, 2.45) is 10.2 Å². The van der Waals surface area contributed by atoms with E-state index in [1.165, 1.54) is 0 Å². The van der Waals surface area contributed by atoms with Crippen LogP contribution in [0.15, 0.2) is 70.9 Å². The highest BCUT2D eigenvalue weighted by Crippen LogP contribution is 1.97. The van der Waals surface area contributed by atoms with Crippen LogP contribution in [-0.2, 0) is 0 Å². The minimum atomic E-state index is 0.618. The highest BCUT2D eigenvalue weighted by atomic mass is 15.6. The molecule has 0 aromatic heterocycles. The molecule has 108 valence electrons. The summed E-state index contributed by atoms with van der Waals surface area (Å²) < 4.78 is 0. The van der Waals surface area contributed by atoms with Crippen LogP contribution in [0.25, 0.3) is 0 Å². The summed E-state index contributed by atoms with van der Waals surface area (Å²) in [5, 5.41) is 12.4. The van der Waals surface area contributed by atoms with E-state index in [2.05, 4.69) is 10.2 Å². The lowest BCUT2D eigenvalue weighted by Crippen LogP contribution is -2.26. The van der Waals surface area contributed by atoms with Gasteiger partial charge in [0.2, 0.25) is 0 Å². The van der Waals surface area contributed by atoms with Gasteiger partial charge in [0.15, 0.2) is 0 Å². The largest absolute Gasteiger partial charge is 0.279 e. The quantitative estimate of drug-likeness (QED) is 0.463. The van der Waals surface area contributed by atoms with Gasteiger partial charge in [0.05, 0.1) is 12.4 Å². The van der Waals surface area contributed by atoms with Gasteiger partial charge in [-0.1, -0.05) is 60.7 Å². The van der Waals surface area contributed by atoms with Crippen molar-refractivity contribution >= 4 is 12.4 Å². The molecule has 4 nitrogen and oxygen atoms in total. The SMILES string of the molecule is CN(CN(C)/N=C/c1ccccc1)N=Cc1ccccc1. The van der Waals surface area contributed by atoms with Crippen molar-refractivity contribution in [1.82, 2.24) is 10.0 Å². The van der Waals surface area contributed by atoms with Gasteiger partial charge in [-0.2, -0.15) is 10.2 Å². The third-order valence-electron chi connectivity index (χ3n) is 2.82. The number of benzene rings is 2. The van der Waals surface area contributed by atoms with Gasteiger partial charge in [-0.3, -0.25) is 10.0 Å². The van der Waals surface area contributed by atoms with Gasteiger partial charge < -0.3 is 0 Å². The minimum absolute atomic E-state index is 0.618. The van der Waals surface area contributed by atoms with Crippen LogP contribution >= 0.6 is 0 Å². The molecule has 4 heteroatoms. The van der Waals surface area contributed by atoms with Gasteiger partial charge >= 0.3 is 0 Å². The highest BCUT2D eigenvalue weighted by molar-refractivity contribution is 5.79. The molecule has 2 aromatic carbocycles. The van der Waals surface area contributed by atoms with E-state index in [-0.39, 0.29) is 0 Å². The fourth-order valence-corrected chi connectivity index (χ4v) is 1.78. The Labute approximate surface area is 126 Å². The second-order valence-electron chi connectivity index (χ2n) is 4.77. The van der Waals surface area contributed by atoms with Crippen LogP contribution in [0, 0.1) is 0 Å². The van der Waals surface area contributed by atoms with Crippen LogP contribution in [0.3, 0.4) is 0 Å². The summed E-state index contributed by atoms with van der Waals surface area (Å²) in [5.74, 6) is 0. The Hall–Kier alpha value is -2.62. The zero-order valence-electron chi connectivity index (χ0n) is 12.4. The lowest BCUT2D eigenvalue weighted by atomic mass is 10.2. The summed E-state index contributed by atoms with van der Waals surface area (Å²) in [6, 6.07) is 20.1. The molecule has 0 saturated carbocycles. The van der Waals surface area contributed by atoms with E-state index >= 15 is 0 Å². The van der Waals surface area contributed by atoms with Crippen molar-refractivity contribution in [3.8, 4) is 0 Å². The first-order valence-electron chi connectivity index (χ1n) is 6.84. The maximum atomic E-state index is 4.38. The number of hydrogen-bond acceptors (Lipinski definition) is 4. The van der Waals surface area contributed by atoms with E-state index in [0.29, 0.717) is 6.67 Å². The van der Waals surface area contributed by atoms with Crippen LogP contribution in [0.4, 0.5) is 0 Å². The lowest BCUT2D eigenvalue weighted by Gasteiger charge is -2.19. The smallest absolute Gasteiger partial charge is 0.122 e. The summed E-state index contributed by atoms with van der Waals surface area (Å²) in [6.07, 6.45) is 3.68. The molecule has 0 heterocycles. The maximum Gasteiger partial charge on any atom is 0.122 e. The maximum absolute atomic E-state index is 4.38. The summed E-state index contributed by atoms with van der Waals surface area (Å²) in [6.45, 7) is 0.618. The van der Waals surface area contributed by atoms with Crippen LogP contribution in [0.2, 0.25) is 0 Å². The summed E-state index contributed by atoms with van der Waals surface area (Å²) in [5.41, 5.74) is 2.17. The van der Waals surface area contributed by atoms with Gasteiger partial charge in [-0.05, 0) is 11.1 Å². The first-order chi connectivity index (χ1) is 10.2. The third kappa shape index (κ3) is 5.48. The van der Waals surface area contributed by atoms with E-state index in [4.69, 9.17) is 0 Å². The van der Waals surface area contributed by atoms with Crippen LogP contribution in [0.5, 0.6) is 0 Å². The average molecular weight is 280 g/mol. The predicted molar refractivity (Wildman–Crippen MR) is 88.5 cm³/mol. The summed E-state index contributed by atoms with van der Waals surface area (Å²) in [4.78, 5) is 0. The average Bonchev–Trinajstić information content (AvgIpc) is 2.53. The van der Waals surface area contributed by atoms with Crippen molar-refractivity contribution in [3.63, 3.8) is 0 Å². The molecular formula is C17H20N4. The van der Waals surface area contributed by atoms with Crippen molar-refractivity contribution in [3.05, 3.63) is 71.8 Å². The number of nitrogens with zero attached hydrogens (tertiary/aromatic N) is 4. The van der Waals surface area contributed by atoms with E-state index in [9.17, 15) is 0 Å². The molecular weight excluding hydrogens is 260 g/mol. The Balaban J connectivity index is 1.83. The Morgan fingerprint density at radius 3 is 1.48 bits per heavy atom. The molecule has 0 radical (unpaired) electrons. The van der Waals surface area contributed by atoms with Gasteiger partial charge in [-0.15, -0.1) is 0 Å². The van der Waals surface area contributed by atoms with Crippen LogP contribution in [0.1, 0.15) is 11.1 Å². The van der Waals surface area contributed by atoms with Gasteiger partial charge in [0.1, 0.15) is 6.67 Å². The predicted octanol–water partition coefficient (Wildman–Crippen LogP) is 2.88. The fraction of sp³-hybridized carbons (Fsp3) is 0.176. The highest BCUT2D eigenvalue weighted by Gasteiger charge is 1.96. The molecule has 0 aliphatic carbocycles. The zero-order chi connectivity index (χ0) is 14.9. The van der Waals surface area contributed by atoms with E-state index in [0.717, 1.165) is 11.1 Å². The minimum Gasteiger partial charge on any atom is -0.279 e. The molecule has 2 aromatic rings. The first-order valence-corrected chi connectivity index (χ1v) is 6.84. The molecule has 0 spiro atoms. The normalized spacial score (nSPS) is 11.1. The van der Waals surface area contributed by atoms with Gasteiger partial charge in [0.25, 0.3) is 0 Å². The molecule has 0 aliphatic heterocycles.